The molecule has 4 aromatic heterocycles. The number of fused-ring (bicyclic) bond motifs is 2. The number of aliphatic carboxylic acids is 2. The second-order valence-electron chi connectivity index (χ2n) is 16.6. The van der Waals surface area contributed by atoms with Crippen molar-refractivity contribution in [2.45, 2.75) is 93.3 Å². The Balaban J connectivity index is 1.07. The van der Waals surface area contributed by atoms with Crippen LogP contribution in [0.25, 0.3) is 22.3 Å². The van der Waals surface area contributed by atoms with Crippen LogP contribution in [-0.2, 0) is 46.6 Å². The van der Waals surface area contributed by atoms with Crippen LogP contribution in [0.2, 0.25) is 0 Å². The number of hydrogen-bond donors (Lipinski definition) is 10. The third-order valence-electron chi connectivity index (χ3n) is 11.2. The molecule has 0 aromatic carbocycles. The maximum absolute atomic E-state index is 13.5. The second kappa shape index (κ2) is 20.8. The fourth-order valence-corrected chi connectivity index (χ4v) is 18.0. The summed E-state index contributed by atoms with van der Waals surface area (Å²) in [4.78, 5) is 47.4. The summed E-state index contributed by atoms with van der Waals surface area (Å²) in [5, 5.41) is 63.0. The van der Waals surface area contributed by atoms with Crippen molar-refractivity contribution in [3.63, 3.8) is 0 Å². The minimum absolute atomic E-state index is 0.0353. The minimum atomic E-state index is -4.41. The summed E-state index contributed by atoms with van der Waals surface area (Å²) in [7, 11) is -14.6. The van der Waals surface area contributed by atoms with Gasteiger partial charge in [0, 0.05) is 23.0 Å². The number of ether oxygens (including phenoxy) is 2. The molecule has 32 heteroatoms. The molecular formula is C35H56N12O16S4. The predicted molar refractivity (Wildman–Crippen MR) is 242 cm³/mol. The summed E-state index contributed by atoms with van der Waals surface area (Å²) in [6, 6.07) is -2.76. The molecule has 0 spiro atoms. The van der Waals surface area contributed by atoms with Crippen LogP contribution < -0.4 is 22.9 Å². The fraction of sp³-hybridized carbons (Fsp3) is 0.657. The highest BCUT2D eigenvalue weighted by Crippen LogP contribution is 2.52. The van der Waals surface area contributed by atoms with Gasteiger partial charge < -0.3 is 63.0 Å². The van der Waals surface area contributed by atoms with Gasteiger partial charge in [0.2, 0.25) is 0 Å². The van der Waals surface area contributed by atoms with E-state index >= 15 is 0 Å². The van der Waals surface area contributed by atoms with E-state index in [-0.39, 0.29) is 89.1 Å². The standard InChI is InChI=1S/C35H56N12O16S4/c1-64(10-6-18(36)34(52)53,12-20-24(48)26(50)32(60-20)46-16-44-22-28(38)40-14-42-30(22)46)62-66(56,57)8-4-3-5-9-67(58,59)63-65(2,11-7-19(37)35(54)55)13-21-25(49)27(51)33(61-21)47-17-45-23-29(39)41-15-43-31(23)47/h14-21,24-27,32-33,48-51H,3-13,36-37H2,1-2H3,(H,52,53)(H,54,55)(H2,38,40,42)(H2,39,41,43)/t18-,19-,20+,21+,24+,25+,26+,27+,32+,33+/m0/s1. The molecule has 0 bridgehead atoms. The molecule has 2 aliphatic rings. The van der Waals surface area contributed by atoms with Crippen LogP contribution in [-0.4, -0.2) is 194 Å². The van der Waals surface area contributed by atoms with E-state index in [1.54, 1.807) is 0 Å². The summed E-state index contributed by atoms with van der Waals surface area (Å²) in [5.41, 5.74) is 24.1. The zero-order chi connectivity index (χ0) is 49.2. The van der Waals surface area contributed by atoms with Crippen molar-refractivity contribution < 1.29 is 73.8 Å². The number of nitrogens with zero attached hydrogens (tertiary/aromatic N) is 8. The van der Waals surface area contributed by atoms with E-state index in [4.69, 9.17) is 39.7 Å². The second-order valence-corrected chi connectivity index (χ2v) is 26.9. The molecular weight excluding hydrogens is 973 g/mol. The first kappa shape index (κ1) is 52.2. The normalized spacial score (nSPS) is 27.3. The Morgan fingerprint density at radius 2 is 1.00 bits per heavy atom. The Kier molecular flexibility index (Phi) is 16.2. The highest BCUT2D eigenvalue weighted by Gasteiger charge is 2.49. The zero-order valence-electron chi connectivity index (χ0n) is 36.1. The van der Waals surface area contributed by atoms with Gasteiger partial charge in [-0.25, -0.2) is 37.2 Å². The lowest BCUT2D eigenvalue weighted by atomic mass is 10.1. The highest BCUT2D eigenvalue weighted by atomic mass is 32.3. The maximum atomic E-state index is 13.5. The lowest BCUT2D eigenvalue weighted by molar-refractivity contribution is -0.139. The Morgan fingerprint density at radius 1 is 0.627 bits per heavy atom. The van der Waals surface area contributed by atoms with Crippen LogP contribution in [0.5, 0.6) is 0 Å². The monoisotopic (exact) mass is 1030 g/mol. The molecule has 376 valence electrons. The maximum Gasteiger partial charge on any atom is 0.320 e. The number of anilines is 2. The Bertz CT molecular complexity index is 2450. The van der Waals surface area contributed by atoms with Gasteiger partial charge in [-0.15, -0.1) is 20.6 Å². The summed E-state index contributed by atoms with van der Waals surface area (Å²) in [6.45, 7) is 0. The number of rotatable bonds is 24. The van der Waals surface area contributed by atoms with Crippen molar-refractivity contribution in [3.05, 3.63) is 25.3 Å². The van der Waals surface area contributed by atoms with Crippen LogP contribution >= 0.6 is 20.6 Å². The van der Waals surface area contributed by atoms with Gasteiger partial charge in [-0.2, -0.15) is 16.8 Å². The average Bonchev–Trinajstić information content (AvgIpc) is 4.01. The number of hydrogen-bond acceptors (Lipinski definition) is 24. The molecule has 0 aliphatic carbocycles. The first-order valence-corrected chi connectivity index (χ1v) is 28.3. The van der Waals surface area contributed by atoms with Gasteiger partial charge in [0.25, 0.3) is 20.2 Å². The van der Waals surface area contributed by atoms with Crippen LogP contribution in [0.15, 0.2) is 25.3 Å². The van der Waals surface area contributed by atoms with Gasteiger partial charge in [-0.05, 0) is 38.2 Å². The van der Waals surface area contributed by atoms with E-state index in [9.17, 15) is 57.1 Å². The van der Waals surface area contributed by atoms with Crippen molar-refractivity contribution in [2.24, 2.45) is 11.5 Å². The molecule has 14 N–H and O–H groups in total. The summed E-state index contributed by atoms with van der Waals surface area (Å²) in [6.07, 6.45) is -3.90. The van der Waals surface area contributed by atoms with Crippen LogP contribution in [0.4, 0.5) is 11.6 Å². The van der Waals surface area contributed by atoms with E-state index in [0.29, 0.717) is 0 Å². The van der Waals surface area contributed by atoms with E-state index in [1.165, 1.54) is 47.0 Å². The average molecular weight is 1030 g/mol. The van der Waals surface area contributed by atoms with Crippen LogP contribution in [0.3, 0.4) is 0 Å². The predicted octanol–water partition coefficient (Wildman–Crippen LogP) is -2.77. The molecule has 12 atom stereocenters. The molecule has 2 fully saturated rings. The first-order valence-electron chi connectivity index (χ1n) is 20.5. The van der Waals surface area contributed by atoms with Crippen molar-refractivity contribution in [1.82, 2.24) is 39.0 Å². The minimum Gasteiger partial charge on any atom is -0.480 e. The molecule has 2 unspecified atom stereocenters. The zero-order valence-corrected chi connectivity index (χ0v) is 39.4. The largest absolute Gasteiger partial charge is 0.480 e. The Hall–Kier alpha value is -4.16. The molecule has 28 nitrogen and oxygen atoms in total. The molecule has 2 saturated heterocycles. The SMILES string of the molecule is CS(CC[C@H](N)C(=O)O)(C[C@H]1O[C@@H](n2cnc3c(N)ncnc32)[C@H](O)[C@@H]1O)OS(=O)(=O)CCCCCS(=O)(=O)OS(C)(CC[C@H](N)C(=O)O)C[C@H]1O[C@@H](n2cnc3c(N)ncnc32)[C@H](O)[C@@H]1O. The van der Waals surface area contributed by atoms with Crippen LogP contribution in [0.1, 0.15) is 44.6 Å². The molecule has 67 heavy (non-hydrogen) atoms. The van der Waals surface area contributed by atoms with Gasteiger partial charge in [-0.3, -0.25) is 18.7 Å². The third kappa shape index (κ3) is 12.4. The number of nitrogen functional groups attached to an aromatic ring is 2. The van der Waals surface area contributed by atoms with Gasteiger partial charge >= 0.3 is 11.9 Å². The van der Waals surface area contributed by atoms with Gasteiger partial charge in [0.05, 0.1) is 36.4 Å². The highest BCUT2D eigenvalue weighted by molar-refractivity contribution is 8.32. The van der Waals surface area contributed by atoms with Crippen molar-refractivity contribution in [2.75, 3.05) is 58.5 Å². The van der Waals surface area contributed by atoms with Gasteiger partial charge in [0.1, 0.15) is 60.2 Å². The van der Waals surface area contributed by atoms with Crippen molar-refractivity contribution in [3.8, 4) is 0 Å². The molecule has 2 aliphatic heterocycles. The molecule has 0 radical (unpaired) electrons. The number of aromatic nitrogens is 8. The molecule has 0 saturated carbocycles. The number of carboxylic acids is 2. The molecule has 4 aromatic rings. The smallest absolute Gasteiger partial charge is 0.320 e. The van der Waals surface area contributed by atoms with E-state index in [0.717, 1.165) is 0 Å². The summed E-state index contributed by atoms with van der Waals surface area (Å²) >= 11 is 0. The van der Waals surface area contributed by atoms with Crippen LogP contribution in [0, 0.1) is 0 Å². The number of aliphatic hydroxyl groups excluding tert-OH is 4. The number of nitrogens with two attached hydrogens (primary N) is 4. The quantitative estimate of drug-likeness (QED) is 0.0318. The lowest BCUT2D eigenvalue weighted by Gasteiger charge is -2.37. The summed E-state index contributed by atoms with van der Waals surface area (Å²) in [5.74, 6) is -4.63. The van der Waals surface area contributed by atoms with E-state index < -0.39 is 125 Å². The summed E-state index contributed by atoms with van der Waals surface area (Å²) < 4.78 is 80.2. The molecule has 6 heterocycles. The van der Waals surface area contributed by atoms with E-state index in [1.807, 2.05) is 0 Å². The van der Waals surface area contributed by atoms with Crippen molar-refractivity contribution >= 4 is 86.8 Å². The van der Waals surface area contributed by atoms with Crippen molar-refractivity contribution in [1.29, 1.82) is 0 Å². The van der Waals surface area contributed by atoms with E-state index in [2.05, 4.69) is 29.9 Å². The third-order valence-corrected chi connectivity index (χ3v) is 21.3. The Labute approximate surface area is 386 Å². The number of unbranched alkanes of at least 4 members (excludes halogenated alkanes) is 2. The first-order chi connectivity index (χ1) is 31.3. The fourth-order valence-electron chi connectivity index (χ4n) is 7.59. The number of carboxylic acid groups (broad SMARTS) is 2. The molecule has 0 amide bonds. The van der Waals surface area contributed by atoms with Gasteiger partial charge in [-0.1, -0.05) is 6.42 Å². The number of imidazole rings is 2. The molecule has 6 rings (SSSR count). The lowest BCUT2D eigenvalue weighted by Crippen LogP contribution is -2.37. The number of carbonyl (C=O) groups is 2. The van der Waals surface area contributed by atoms with Gasteiger partial charge in [0.15, 0.2) is 35.4 Å². The Morgan fingerprint density at radius 3 is 1.36 bits per heavy atom. The topological polar surface area (TPSA) is 452 Å². The number of aliphatic hydroxyl groups is 4.